The molecule has 0 saturated carbocycles. The van der Waals surface area contributed by atoms with E-state index in [0.29, 0.717) is 36.1 Å². The number of benzene rings is 1. The zero-order chi connectivity index (χ0) is 22.0. The Morgan fingerprint density at radius 1 is 0.900 bits per heavy atom. The number of unbranched alkanes of at least 4 members (excludes halogenated alkanes) is 7. The molecule has 1 aromatic carbocycles. The molecule has 4 nitrogen and oxygen atoms in total. The highest BCUT2D eigenvalue weighted by Gasteiger charge is 2.29. The van der Waals surface area contributed by atoms with E-state index in [1.807, 2.05) is 13.8 Å². The number of ketones is 2. The fourth-order valence-corrected chi connectivity index (χ4v) is 3.93. The van der Waals surface area contributed by atoms with Gasteiger partial charge in [0.2, 0.25) is 5.91 Å². The molecule has 0 saturated heterocycles. The van der Waals surface area contributed by atoms with Crippen molar-refractivity contribution in [2.75, 3.05) is 6.54 Å². The monoisotopic (exact) mass is 411 g/mol. The van der Waals surface area contributed by atoms with Crippen molar-refractivity contribution in [2.45, 2.75) is 85.0 Å². The molecule has 0 fully saturated rings. The SMILES string of the molecule is CCCCCCCCCCC(=O)NCC(C)(C)CC1=CC(=O)c2ccccc2C1=O. The maximum Gasteiger partial charge on any atom is 0.220 e. The van der Waals surface area contributed by atoms with Gasteiger partial charge >= 0.3 is 0 Å². The quantitative estimate of drug-likeness (QED) is 0.402. The minimum absolute atomic E-state index is 0.0689. The second-order valence-corrected chi connectivity index (χ2v) is 9.25. The van der Waals surface area contributed by atoms with Crippen LogP contribution >= 0.6 is 0 Å². The van der Waals surface area contributed by atoms with Crippen LogP contribution in [-0.4, -0.2) is 24.0 Å². The Kier molecular flexibility index (Phi) is 9.48. The average molecular weight is 412 g/mol. The standard InChI is InChI=1S/C26H37NO3/c1-4-5-6-7-8-9-10-11-16-24(29)27-19-26(2,3)18-20-17-23(28)21-14-12-13-15-22(21)25(20)30/h12-15,17H,4-11,16,18-19H2,1-3H3,(H,27,29). The Balaban J connectivity index is 1.72. The Bertz CT molecular complexity index is 776. The van der Waals surface area contributed by atoms with Crippen LogP contribution in [0.1, 0.15) is 106 Å². The summed E-state index contributed by atoms with van der Waals surface area (Å²) >= 11 is 0. The van der Waals surface area contributed by atoms with Crippen molar-refractivity contribution in [1.29, 1.82) is 0 Å². The fourth-order valence-electron chi connectivity index (χ4n) is 3.93. The summed E-state index contributed by atoms with van der Waals surface area (Å²) in [6, 6.07) is 6.96. The number of rotatable bonds is 13. The Hall–Kier alpha value is -2.23. The molecule has 0 aromatic heterocycles. The second kappa shape index (κ2) is 11.8. The summed E-state index contributed by atoms with van der Waals surface area (Å²) in [5, 5.41) is 3.01. The number of Topliss-reactive ketones (excluding diaryl/α,β-unsaturated/α-hetero) is 1. The van der Waals surface area contributed by atoms with Gasteiger partial charge in [0.25, 0.3) is 0 Å². The number of fused-ring (bicyclic) bond motifs is 1. The van der Waals surface area contributed by atoms with Crippen molar-refractivity contribution < 1.29 is 14.4 Å². The molecule has 30 heavy (non-hydrogen) atoms. The Labute approximate surface area is 181 Å². The van der Waals surface area contributed by atoms with Gasteiger partial charge in [-0.15, -0.1) is 0 Å². The Morgan fingerprint density at radius 3 is 2.17 bits per heavy atom. The highest BCUT2D eigenvalue weighted by molar-refractivity contribution is 6.24. The molecule has 1 aromatic rings. The van der Waals surface area contributed by atoms with Crippen LogP contribution in [0.25, 0.3) is 0 Å². The largest absolute Gasteiger partial charge is 0.356 e. The van der Waals surface area contributed by atoms with E-state index in [1.54, 1.807) is 24.3 Å². The number of carbonyl (C=O) groups is 3. The van der Waals surface area contributed by atoms with Gasteiger partial charge in [-0.05, 0) is 24.3 Å². The smallest absolute Gasteiger partial charge is 0.220 e. The van der Waals surface area contributed by atoms with Crippen molar-refractivity contribution in [3.63, 3.8) is 0 Å². The van der Waals surface area contributed by atoms with E-state index in [4.69, 9.17) is 0 Å². The van der Waals surface area contributed by atoms with E-state index in [9.17, 15) is 14.4 Å². The van der Waals surface area contributed by atoms with Crippen molar-refractivity contribution in [1.82, 2.24) is 5.32 Å². The third-order valence-electron chi connectivity index (χ3n) is 5.72. The van der Waals surface area contributed by atoms with Crippen molar-refractivity contribution in [3.05, 3.63) is 47.0 Å². The minimum Gasteiger partial charge on any atom is -0.356 e. The van der Waals surface area contributed by atoms with Gasteiger partial charge < -0.3 is 5.32 Å². The summed E-state index contributed by atoms with van der Waals surface area (Å²) in [6.07, 6.45) is 12.2. The molecule has 1 aliphatic rings. The molecule has 0 atom stereocenters. The minimum atomic E-state index is -0.303. The van der Waals surface area contributed by atoms with Gasteiger partial charge in [-0.2, -0.15) is 0 Å². The molecule has 0 heterocycles. The third kappa shape index (κ3) is 7.55. The van der Waals surface area contributed by atoms with E-state index in [0.717, 1.165) is 12.8 Å². The predicted octanol–water partition coefficient (Wildman–Crippen LogP) is 6.06. The highest BCUT2D eigenvalue weighted by atomic mass is 16.2. The maximum absolute atomic E-state index is 12.8. The summed E-state index contributed by atoms with van der Waals surface area (Å²) in [7, 11) is 0. The molecular formula is C26H37NO3. The number of carbonyl (C=O) groups excluding carboxylic acids is 3. The van der Waals surface area contributed by atoms with E-state index in [-0.39, 0.29) is 22.9 Å². The molecule has 4 heteroatoms. The summed E-state index contributed by atoms with van der Waals surface area (Å²) in [5.41, 5.74) is 1.18. The summed E-state index contributed by atoms with van der Waals surface area (Å²) < 4.78 is 0. The number of nitrogens with one attached hydrogen (secondary N) is 1. The number of hydrogen-bond donors (Lipinski definition) is 1. The van der Waals surface area contributed by atoms with Crippen LogP contribution in [0, 0.1) is 5.41 Å². The van der Waals surface area contributed by atoms with E-state index in [2.05, 4.69) is 12.2 Å². The van der Waals surface area contributed by atoms with Crippen LogP contribution in [0.15, 0.2) is 35.9 Å². The van der Waals surface area contributed by atoms with E-state index in [1.165, 1.54) is 44.6 Å². The van der Waals surface area contributed by atoms with E-state index >= 15 is 0 Å². The summed E-state index contributed by atoms with van der Waals surface area (Å²) in [6.45, 7) is 6.75. The van der Waals surface area contributed by atoms with Gasteiger partial charge in [0, 0.05) is 29.7 Å². The van der Waals surface area contributed by atoms with Crippen molar-refractivity contribution in [3.8, 4) is 0 Å². The van der Waals surface area contributed by atoms with Crippen LogP contribution in [0.5, 0.6) is 0 Å². The van der Waals surface area contributed by atoms with Crippen LogP contribution < -0.4 is 5.32 Å². The lowest BCUT2D eigenvalue weighted by atomic mass is 9.79. The van der Waals surface area contributed by atoms with Gasteiger partial charge in [0.1, 0.15) is 0 Å². The molecule has 0 aliphatic heterocycles. The Morgan fingerprint density at radius 2 is 1.50 bits per heavy atom. The lowest BCUT2D eigenvalue weighted by Crippen LogP contribution is -2.35. The van der Waals surface area contributed by atoms with Gasteiger partial charge in [0.15, 0.2) is 11.6 Å². The van der Waals surface area contributed by atoms with Gasteiger partial charge in [-0.25, -0.2) is 0 Å². The fraction of sp³-hybridized carbons (Fsp3) is 0.577. The van der Waals surface area contributed by atoms with E-state index < -0.39 is 0 Å². The number of amides is 1. The molecule has 1 aliphatic carbocycles. The second-order valence-electron chi connectivity index (χ2n) is 9.25. The third-order valence-corrected chi connectivity index (χ3v) is 5.72. The topological polar surface area (TPSA) is 63.2 Å². The molecule has 0 radical (unpaired) electrons. The molecule has 1 amide bonds. The lowest BCUT2D eigenvalue weighted by molar-refractivity contribution is -0.121. The molecule has 1 N–H and O–H groups in total. The zero-order valence-corrected chi connectivity index (χ0v) is 18.9. The summed E-state index contributed by atoms with van der Waals surface area (Å²) in [5.74, 6) is -0.127. The van der Waals surface area contributed by atoms with Crippen LogP contribution in [0.3, 0.4) is 0 Å². The molecule has 0 spiro atoms. The predicted molar refractivity (Wildman–Crippen MR) is 122 cm³/mol. The van der Waals surface area contributed by atoms with Crippen LogP contribution in [0.4, 0.5) is 0 Å². The molecule has 0 bridgehead atoms. The van der Waals surface area contributed by atoms with Gasteiger partial charge in [0.05, 0.1) is 0 Å². The zero-order valence-electron chi connectivity index (χ0n) is 18.9. The molecular weight excluding hydrogens is 374 g/mol. The first-order valence-corrected chi connectivity index (χ1v) is 11.5. The van der Waals surface area contributed by atoms with Crippen LogP contribution in [0.2, 0.25) is 0 Å². The highest BCUT2D eigenvalue weighted by Crippen LogP contribution is 2.30. The van der Waals surface area contributed by atoms with Gasteiger partial charge in [-0.3, -0.25) is 14.4 Å². The first-order chi connectivity index (χ1) is 14.3. The number of hydrogen-bond acceptors (Lipinski definition) is 3. The molecule has 2 rings (SSSR count). The maximum atomic E-state index is 12.8. The first kappa shape index (κ1) is 24.0. The van der Waals surface area contributed by atoms with Crippen molar-refractivity contribution >= 4 is 17.5 Å². The normalized spacial score (nSPS) is 13.8. The first-order valence-electron chi connectivity index (χ1n) is 11.5. The molecule has 0 unspecified atom stereocenters. The average Bonchev–Trinajstić information content (AvgIpc) is 2.72. The van der Waals surface area contributed by atoms with Crippen LogP contribution in [-0.2, 0) is 4.79 Å². The number of allylic oxidation sites excluding steroid dienone is 2. The summed E-state index contributed by atoms with van der Waals surface area (Å²) in [4.78, 5) is 37.3. The molecule has 164 valence electrons. The van der Waals surface area contributed by atoms with Gasteiger partial charge in [-0.1, -0.05) is 90.0 Å². The van der Waals surface area contributed by atoms with Crippen molar-refractivity contribution in [2.24, 2.45) is 5.41 Å². The lowest BCUT2D eigenvalue weighted by Gasteiger charge is -2.27.